The van der Waals surface area contributed by atoms with E-state index in [1.54, 1.807) is 11.8 Å². The molecule has 2 rings (SSSR count). The number of carbonyl (C=O) groups is 2. The second-order valence-electron chi connectivity index (χ2n) is 7.53. The number of nitrogens with one attached hydrogen (secondary N) is 1. The van der Waals surface area contributed by atoms with Crippen LogP contribution in [-0.4, -0.2) is 58.0 Å². The van der Waals surface area contributed by atoms with Crippen LogP contribution in [0.4, 0.5) is 0 Å². The van der Waals surface area contributed by atoms with Crippen molar-refractivity contribution in [2.24, 2.45) is 11.8 Å². The molecule has 0 bridgehead atoms. The van der Waals surface area contributed by atoms with Crippen molar-refractivity contribution in [1.29, 1.82) is 0 Å². The minimum Gasteiger partial charge on any atom is -0.482 e. The van der Waals surface area contributed by atoms with Crippen LogP contribution in [0.1, 0.15) is 33.6 Å². The number of benzene rings is 1. The van der Waals surface area contributed by atoms with Crippen LogP contribution in [0.5, 0.6) is 5.75 Å². The van der Waals surface area contributed by atoms with Gasteiger partial charge in [-0.05, 0) is 43.9 Å². The highest BCUT2D eigenvalue weighted by Gasteiger charge is 2.28. The van der Waals surface area contributed by atoms with Gasteiger partial charge in [0.2, 0.25) is 10.0 Å². The number of rotatable bonds is 9. The molecule has 1 aromatic rings. The van der Waals surface area contributed by atoms with E-state index in [4.69, 9.17) is 21.1 Å². The fourth-order valence-corrected chi connectivity index (χ4v) is 4.52. The second-order valence-corrected chi connectivity index (χ2v) is 9.71. The van der Waals surface area contributed by atoms with Gasteiger partial charge in [-0.2, -0.15) is 0 Å². The second kappa shape index (κ2) is 11.0. The molecule has 1 amide bonds. The Morgan fingerprint density at radius 2 is 1.93 bits per heavy atom. The lowest BCUT2D eigenvalue weighted by molar-refractivity contribution is -0.151. The standard InChI is InChI=1S/C20H29ClN2O6S/c1-4-28-20(25)15-7-9-23(10-8-15)19(24)13-29-18-6-5-16(11-17(18)21)30(26,27)22-12-14(2)3/h5-6,11,14-15,22H,4,7-10,12-13H2,1-3H3. The molecule has 0 atom stereocenters. The number of carbonyl (C=O) groups excluding carboxylic acids is 2. The van der Waals surface area contributed by atoms with Crippen LogP contribution < -0.4 is 9.46 Å². The van der Waals surface area contributed by atoms with Crippen molar-refractivity contribution in [2.75, 3.05) is 32.8 Å². The van der Waals surface area contributed by atoms with E-state index in [9.17, 15) is 18.0 Å². The molecule has 10 heteroatoms. The number of hydrogen-bond acceptors (Lipinski definition) is 6. The van der Waals surface area contributed by atoms with Crippen LogP contribution in [-0.2, 0) is 24.3 Å². The first-order valence-corrected chi connectivity index (χ1v) is 11.9. The predicted octanol–water partition coefficient (Wildman–Crippen LogP) is 2.45. The van der Waals surface area contributed by atoms with Crippen molar-refractivity contribution in [2.45, 2.75) is 38.5 Å². The van der Waals surface area contributed by atoms with E-state index in [0.29, 0.717) is 39.1 Å². The Morgan fingerprint density at radius 1 is 1.27 bits per heavy atom. The van der Waals surface area contributed by atoms with Crippen molar-refractivity contribution < 1.29 is 27.5 Å². The van der Waals surface area contributed by atoms with E-state index in [0.717, 1.165) is 0 Å². The molecule has 30 heavy (non-hydrogen) atoms. The number of hydrogen-bond donors (Lipinski definition) is 1. The van der Waals surface area contributed by atoms with Gasteiger partial charge in [-0.3, -0.25) is 9.59 Å². The first-order valence-electron chi connectivity index (χ1n) is 10.0. The molecule has 0 unspecified atom stereocenters. The van der Waals surface area contributed by atoms with Crippen molar-refractivity contribution >= 4 is 33.5 Å². The van der Waals surface area contributed by atoms with Gasteiger partial charge in [0, 0.05) is 19.6 Å². The van der Waals surface area contributed by atoms with Gasteiger partial charge in [-0.15, -0.1) is 0 Å². The zero-order valence-electron chi connectivity index (χ0n) is 17.5. The fraction of sp³-hybridized carbons (Fsp3) is 0.600. The lowest BCUT2D eigenvalue weighted by Crippen LogP contribution is -2.42. The van der Waals surface area contributed by atoms with Crippen LogP contribution in [0.25, 0.3) is 0 Å². The van der Waals surface area contributed by atoms with Crippen molar-refractivity contribution in [3.05, 3.63) is 23.2 Å². The molecule has 0 aromatic heterocycles. The third-order valence-corrected chi connectivity index (χ3v) is 6.43. The highest BCUT2D eigenvalue weighted by atomic mass is 35.5. The average Bonchev–Trinajstić information content (AvgIpc) is 2.71. The smallest absolute Gasteiger partial charge is 0.309 e. The summed E-state index contributed by atoms with van der Waals surface area (Å²) in [5.74, 6) is -0.210. The quantitative estimate of drug-likeness (QED) is 0.568. The number of amides is 1. The first-order chi connectivity index (χ1) is 14.1. The number of ether oxygens (including phenoxy) is 2. The predicted molar refractivity (Wildman–Crippen MR) is 113 cm³/mol. The van der Waals surface area contributed by atoms with E-state index in [1.807, 2.05) is 13.8 Å². The maximum atomic E-state index is 12.4. The summed E-state index contributed by atoms with van der Waals surface area (Å²) < 4.78 is 37.6. The summed E-state index contributed by atoms with van der Waals surface area (Å²) in [7, 11) is -3.66. The normalized spacial score (nSPS) is 15.3. The van der Waals surface area contributed by atoms with Crippen LogP contribution in [0.3, 0.4) is 0 Å². The Hall–Kier alpha value is -1.84. The van der Waals surface area contributed by atoms with Crippen LogP contribution >= 0.6 is 11.6 Å². The van der Waals surface area contributed by atoms with Gasteiger partial charge in [0.15, 0.2) is 6.61 Å². The van der Waals surface area contributed by atoms with E-state index in [1.165, 1.54) is 18.2 Å². The summed E-state index contributed by atoms with van der Waals surface area (Å²) in [5, 5.41) is 0.108. The molecule has 1 aliphatic rings. The first kappa shape index (κ1) is 24.4. The Kier molecular flexibility index (Phi) is 8.93. The molecule has 1 heterocycles. The van der Waals surface area contributed by atoms with E-state index >= 15 is 0 Å². The Bertz CT molecular complexity index is 851. The molecule has 1 aromatic carbocycles. The minimum absolute atomic E-state index is 0.0351. The minimum atomic E-state index is -3.66. The molecule has 0 spiro atoms. The highest BCUT2D eigenvalue weighted by molar-refractivity contribution is 7.89. The molecule has 0 radical (unpaired) electrons. The van der Waals surface area contributed by atoms with Gasteiger partial charge < -0.3 is 14.4 Å². The fourth-order valence-electron chi connectivity index (χ4n) is 2.98. The maximum absolute atomic E-state index is 12.4. The monoisotopic (exact) mass is 460 g/mol. The topological polar surface area (TPSA) is 102 Å². The van der Waals surface area contributed by atoms with E-state index in [-0.39, 0.29) is 46.0 Å². The van der Waals surface area contributed by atoms with Crippen molar-refractivity contribution in [1.82, 2.24) is 9.62 Å². The average molecular weight is 461 g/mol. The van der Waals surface area contributed by atoms with Gasteiger partial charge in [-0.25, -0.2) is 13.1 Å². The third kappa shape index (κ3) is 6.85. The SMILES string of the molecule is CCOC(=O)C1CCN(C(=O)COc2ccc(S(=O)(=O)NCC(C)C)cc2Cl)CC1. The number of sulfonamides is 1. The number of halogens is 1. The highest BCUT2D eigenvalue weighted by Crippen LogP contribution is 2.27. The summed E-state index contributed by atoms with van der Waals surface area (Å²) in [4.78, 5) is 25.9. The van der Waals surface area contributed by atoms with Crippen LogP contribution in [0.15, 0.2) is 23.1 Å². The summed E-state index contributed by atoms with van der Waals surface area (Å²) in [6.07, 6.45) is 1.11. The summed E-state index contributed by atoms with van der Waals surface area (Å²) in [5.41, 5.74) is 0. The molecule has 0 aliphatic carbocycles. The molecule has 168 valence electrons. The number of esters is 1. The van der Waals surface area contributed by atoms with E-state index < -0.39 is 10.0 Å². The third-order valence-electron chi connectivity index (χ3n) is 4.71. The van der Waals surface area contributed by atoms with Crippen molar-refractivity contribution in [3.63, 3.8) is 0 Å². The molecule has 1 aliphatic heterocycles. The number of likely N-dealkylation sites (tertiary alicyclic amines) is 1. The molecule has 8 nitrogen and oxygen atoms in total. The lowest BCUT2D eigenvalue weighted by atomic mass is 9.97. The molecule has 1 saturated heterocycles. The Balaban J connectivity index is 1.89. The molecule has 1 N–H and O–H groups in total. The van der Waals surface area contributed by atoms with Crippen LogP contribution in [0.2, 0.25) is 5.02 Å². The zero-order chi connectivity index (χ0) is 22.3. The van der Waals surface area contributed by atoms with E-state index in [2.05, 4.69) is 4.72 Å². The van der Waals surface area contributed by atoms with Gasteiger partial charge >= 0.3 is 5.97 Å². The van der Waals surface area contributed by atoms with Gasteiger partial charge in [0.25, 0.3) is 5.91 Å². The van der Waals surface area contributed by atoms with Gasteiger partial charge in [-0.1, -0.05) is 25.4 Å². The maximum Gasteiger partial charge on any atom is 0.309 e. The lowest BCUT2D eigenvalue weighted by Gasteiger charge is -2.30. The van der Waals surface area contributed by atoms with Gasteiger partial charge in [0.05, 0.1) is 22.4 Å². The number of nitrogens with zero attached hydrogens (tertiary/aromatic N) is 1. The summed E-state index contributed by atoms with van der Waals surface area (Å²) in [6, 6.07) is 4.13. The van der Waals surface area contributed by atoms with Crippen LogP contribution in [0, 0.1) is 11.8 Å². The Morgan fingerprint density at radius 3 is 2.50 bits per heavy atom. The molecular formula is C20H29ClN2O6S. The van der Waals surface area contributed by atoms with Crippen molar-refractivity contribution in [3.8, 4) is 5.75 Å². The molecular weight excluding hydrogens is 432 g/mol. The summed E-state index contributed by atoms with van der Waals surface area (Å²) >= 11 is 6.16. The molecule has 1 fully saturated rings. The summed E-state index contributed by atoms with van der Waals surface area (Å²) in [6.45, 7) is 6.94. The zero-order valence-corrected chi connectivity index (χ0v) is 19.1. The Labute approximate surface area is 182 Å². The largest absolute Gasteiger partial charge is 0.482 e. The molecule has 0 saturated carbocycles. The number of piperidine rings is 1. The van der Waals surface area contributed by atoms with Gasteiger partial charge in [0.1, 0.15) is 5.75 Å².